The molecule has 11 heteroatoms. The van der Waals surface area contributed by atoms with E-state index in [-0.39, 0.29) is 13.2 Å². The highest BCUT2D eigenvalue weighted by Crippen LogP contribution is 2.31. The van der Waals surface area contributed by atoms with Gasteiger partial charge in [0.2, 0.25) is 5.91 Å². The fraction of sp³-hybridized carbons (Fsp3) is 0.353. The van der Waals surface area contributed by atoms with Gasteiger partial charge in [-0.15, -0.1) is 6.58 Å². The third kappa shape index (κ3) is 4.12. The first-order valence-electron chi connectivity index (χ1n) is 8.34. The highest BCUT2D eigenvalue weighted by molar-refractivity contribution is 7.89. The Morgan fingerprint density at radius 3 is 2.64 bits per heavy atom. The molecule has 0 unspecified atom stereocenters. The number of hydrogen-bond acceptors (Lipinski definition) is 7. The van der Waals surface area contributed by atoms with Crippen molar-refractivity contribution in [3.8, 4) is 0 Å². The molecule has 28 heavy (non-hydrogen) atoms. The van der Waals surface area contributed by atoms with Crippen molar-refractivity contribution >= 4 is 21.6 Å². The minimum absolute atomic E-state index is 0.0355. The van der Waals surface area contributed by atoms with Crippen LogP contribution in [0.3, 0.4) is 0 Å². The second-order valence-corrected chi connectivity index (χ2v) is 7.94. The summed E-state index contributed by atoms with van der Waals surface area (Å²) in [7, 11) is -4.41. The molecule has 1 amide bonds. The molecular weight excluding hydrogens is 388 g/mol. The Hall–Kier alpha value is -2.60. The summed E-state index contributed by atoms with van der Waals surface area (Å²) in [6.07, 6.45) is 1.36. The first-order valence-corrected chi connectivity index (χ1v) is 9.78. The van der Waals surface area contributed by atoms with E-state index in [1.54, 1.807) is 13.8 Å². The van der Waals surface area contributed by atoms with Crippen LogP contribution in [-0.2, 0) is 19.7 Å². The van der Waals surface area contributed by atoms with Crippen molar-refractivity contribution in [3.05, 3.63) is 58.2 Å². The summed E-state index contributed by atoms with van der Waals surface area (Å²) in [6.45, 7) is 6.73. The fourth-order valence-corrected chi connectivity index (χ4v) is 4.57. The van der Waals surface area contributed by atoms with E-state index in [1.807, 2.05) is 0 Å². The van der Waals surface area contributed by atoms with Gasteiger partial charge in [0.25, 0.3) is 15.7 Å². The molecule has 0 radical (unpaired) electrons. The molecule has 10 nitrogen and oxygen atoms in total. The molecule has 152 valence electrons. The predicted octanol–water partition coefficient (Wildman–Crippen LogP) is 0.865. The number of hydroxylamine groups is 1. The maximum atomic E-state index is 13.3. The van der Waals surface area contributed by atoms with E-state index in [2.05, 4.69) is 11.9 Å². The number of nitrogens with one attached hydrogen (secondary N) is 1. The van der Waals surface area contributed by atoms with Crippen molar-refractivity contribution in [3.63, 3.8) is 0 Å². The van der Waals surface area contributed by atoms with Crippen LogP contribution in [0, 0.1) is 10.1 Å². The molecule has 0 saturated heterocycles. The lowest BCUT2D eigenvalue weighted by Crippen LogP contribution is -2.55. The summed E-state index contributed by atoms with van der Waals surface area (Å²) in [5.41, 5.74) is 5.93. The smallest absolute Gasteiger partial charge is 0.289 e. The zero-order valence-corrected chi connectivity index (χ0v) is 16.3. The van der Waals surface area contributed by atoms with Crippen LogP contribution in [0.4, 0.5) is 5.69 Å². The summed E-state index contributed by atoms with van der Waals surface area (Å²) in [6, 6.07) is 3.45. The van der Waals surface area contributed by atoms with Gasteiger partial charge in [0.1, 0.15) is 6.04 Å². The fourth-order valence-electron chi connectivity index (χ4n) is 2.95. The van der Waals surface area contributed by atoms with Gasteiger partial charge in [-0.05, 0) is 25.5 Å². The Morgan fingerprint density at radius 1 is 1.43 bits per heavy atom. The molecule has 1 heterocycles. The number of benzene rings is 1. The molecular formula is C17H22N4O6S. The summed E-state index contributed by atoms with van der Waals surface area (Å²) in [5, 5.41) is 14.2. The molecule has 1 aromatic carbocycles. The number of carbonyl (C=O) groups excluding carboxylic acids is 1. The quantitative estimate of drug-likeness (QED) is 0.367. The molecule has 0 aliphatic carbocycles. The van der Waals surface area contributed by atoms with Gasteiger partial charge in [0, 0.05) is 12.6 Å². The topological polar surface area (TPSA) is 145 Å². The van der Waals surface area contributed by atoms with Gasteiger partial charge >= 0.3 is 0 Å². The lowest BCUT2D eigenvalue weighted by Gasteiger charge is -2.36. The molecule has 3 N–H and O–H groups in total. The van der Waals surface area contributed by atoms with Gasteiger partial charge < -0.3 is 11.1 Å². The maximum absolute atomic E-state index is 13.3. The molecule has 0 bridgehead atoms. The van der Waals surface area contributed by atoms with Crippen LogP contribution in [0.15, 0.2) is 53.0 Å². The minimum Gasteiger partial charge on any atom is -0.368 e. The van der Waals surface area contributed by atoms with Crippen LogP contribution in [0.25, 0.3) is 0 Å². The Morgan fingerprint density at radius 2 is 2.07 bits per heavy atom. The number of amides is 1. The van der Waals surface area contributed by atoms with Crippen LogP contribution in [0.2, 0.25) is 0 Å². The Labute approximate surface area is 162 Å². The molecule has 1 aliphatic rings. The zero-order chi connectivity index (χ0) is 21.1. The molecule has 0 fully saturated rings. The summed E-state index contributed by atoms with van der Waals surface area (Å²) in [5.74, 6) is -0.588. The molecule has 2 atom stereocenters. The van der Waals surface area contributed by atoms with E-state index < -0.39 is 43.5 Å². The second-order valence-electron chi connectivity index (χ2n) is 6.20. The van der Waals surface area contributed by atoms with E-state index in [0.717, 1.165) is 16.6 Å². The van der Waals surface area contributed by atoms with Crippen molar-refractivity contribution in [2.45, 2.75) is 30.8 Å². The summed E-state index contributed by atoms with van der Waals surface area (Å²) < 4.78 is 27.2. The average Bonchev–Trinajstić information content (AvgIpc) is 2.64. The first kappa shape index (κ1) is 21.7. The Kier molecular flexibility index (Phi) is 6.67. The highest BCUT2D eigenvalue weighted by atomic mass is 32.2. The third-order valence-corrected chi connectivity index (χ3v) is 6.24. The van der Waals surface area contributed by atoms with Crippen molar-refractivity contribution in [2.24, 2.45) is 5.73 Å². The highest BCUT2D eigenvalue weighted by Gasteiger charge is 2.41. The second kappa shape index (κ2) is 8.61. The van der Waals surface area contributed by atoms with Crippen LogP contribution in [0.1, 0.15) is 13.8 Å². The van der Waals surface area contributed by atoms with Gasteiger partial charge in [-0.2, -0.15) is 0 Å². The SMILES string of the molecule is C=CCON([C@H]1CN[C@H](C(N)=O)C(C)=C1C)S(=O)(=O)c1ccccc1[N+](=O)[O-]. The molecule has 0 spiro atoms. The van der Waals surface area contributed by atoms with Crippen LogP contribution >= 0.6 is 0 Å². The number of nitro benzene ring substituents is 1. The van der Waals surface area contributed by atoms with E-state index in [0.29, 0.717) is 11.1 Å². The zero-order valence-electron chi connectivity index (χ0n) is 15.5. The van der Waals surface area contributed by atoms with Gasteiger partial charge in [0.15, 0.2) is 4.90 Å². The van der Waals surface area contributed by atoms with Gasteiger partial charge in [-0.25, -0.2) is 8.42 Å². The minimum atomic E-state index is -4.41. The lowest BCUT2D eigenvalue weighted by molar-refractivity contribution is -0.387. The third-order valence-electron chi connectivity index (χ3n) is 4.51. The summed E-state index contributed by atoms with van der Waals surface area (Å²) in [4.78, 5) is 27.0. The number of carbonyl (C=O) groups is 1. The molecule has 1 aromatic rings. The number of primary amides is 1. The largest absolute Gasteiger partial charge is 0.368 e. The van der Waals surface area contributed by atoms with E-state index in [1.165, 1.54) is 18.2 Å². The summed E-state index contributed by atoms with van der Waals surface area (Å²) >= 11 is 0. The normalized spacial score (nSPS) is 20.2. The van der Waals surface area contributed by atoms with Crippen LogP contribution in [0.5, 0.6) is 0 Å². The monoisotopic (exact) mass is 410 g/mol. The van der Waals surface area contributed by atoms with Crippen molar-refractivity contribution in [1.29, 1.82) is 0 Å². The molecule has 2 rings (SSSR count). The molecule has 1 aliphatic heterocycles. The molecule has 0 saturated carbocycles. The van der Waals surface area contributed by atoms with Crippen LogP contribution in [-0.4, -0.2) is 49.0 Å². The number of para-hydroxylation sites is 1. The Balaban J connectivity index is 2.57. The number of sulfonamides is 1. The number of hydrogen-bond donors (Lipinski definition) is 2. The van der Waals surface area contributed by atoms with E-state index in [9.17, 15) is 23.3 Å². The number of rotatable bonds is 8. The number of nitrogens with zero attached hydrogens (tertiary/aromatic N) is 2. The van der Waals surface area contributed by atoms with Gasteiger partial charge in [0.05, 0.1) is 17.6 Å². The van der Waals surface area contributed by atoms with Crippen molar-refractivity contribution in [2.75, 3.05) is 13.2 Å². The predicted molar refractivity (Wildman–Crippen MR) is 101 cm³/mol. The van der Waals surface area contributed by atoms with Crippen molar-refractivity contribution in [1.82, 2.24) is 9.79 Å². The maximum Gasteiger partial charge on any atom is 0.289 e. The van der Waals surface area contributed by atoms with Crippen molar-refractivity contribution < 1.29 is 23.0 Å². The first-order chi connectivity index (χ1) is 13.1. The average molecular weight is 410 g/mol. The molecule has 0 aromatic heterocycles. The number of nitro groups is 1. The number of nitrogens with two attached hydrogens (primary N) is 1. The van der Waals surface area contributed by atoms with Crippen LogP contribution < -0.4 is 11.1 Å². The Bertz CT molecular complexity index is 927. The van der Waals surface area contributed by atoms with Gasteiger partial charge in [-0.3, -0.25) is 19.7 Å². The standard InChI is InChI=1S/C17H22N4O6S/c1-4-9-27-21(14-10-19-16(17(18)22)12(3)11(14)2)28(25,26)15-8-6-5-7-13(15)20(23)24/h4-8,14,16,19H,1,9-10H2,2-3H3,(H2,18,22)/t14-,16-/m0/s1. The van der Waals surface area contributed by atoms with Gasteiger partial charge in [-0.1, -0.05) is 28.3 Å². The van der Waals surface area contributed by atoms with E-state index >= 15 is 0 Å². The van der Waals surface area contributed by atoms with E-state index in [4.69, 9.17) is 10.6 Å². The lowest BCUT2D eigenvalue weighted by atomic mass is 9.93.